The molecular weight excluding hydrogens is 226 g/mol. The molecule has 2 aromatic rings. The van der Waals surface area contributed by atoms with E-state index < -0.39 is 6.10 Å². The van der Waals surface area contributed by atoms with Crippen molar-refractivity contribution in [1.29, 1.82) is 0 Å². The summed E-state index contributed by atoms with van der Waals surface area (Å²) in [4.78, 5) is 4.04. The third-order valence-electron chi connectivity index (χ3n) is 2.78. The summed E-state index contributed by atoms with van der Waals surface area (Å²) < 4.78 is 5.75. The van der Waals surface area contributed by atoms with Gasteiger partial charge in [0.05, 0.1) is 6.10 Å². The van der Waals surface area contributed by atoms with Crippen LogP contribution in [-0.4, -0.2) is 10.1 Å². The summed E-state index contributed by atoms with van der Waals surface area (Å²) in [6.07, 6.45) is 3.71. The molecule has 18 heavy (non-hydrogen) atoms. The van der Waals surface area contributed by atoms with Gasteiger partial charge in [-0.1, -0.05) is 31.2 Å². The highest BCUT2D eigenvalue weighted by Gasteiger charge is 2.10. The Morgan fingerprint density at radius 1 is 1.22 bits per heavy atom. The average Bonchev–Trinajstić information content (AvgIpc) is 2.45. The average molecular weight is 243 g/mol. The maximum Gasteiger partial charge on any atom is 0.125 e. The first kappa shape index (κ1) is 12.6. The molecule has 0 fully saturated rings. The minimum atomic E-state index is -0.477. The molecule has 0 aliphatic rings. The number of rotatable bonds is 5. The van der Waals surface area contributed by atoms with Gasteiger partial charge in [0.15, 0.2) is 0 Å². The van der Waals surface area contributed by atoms with E-state index in [1.807, 2.05) is 43.3 Å². The Kier molecular flexibility index (Phi) is 4.31. The number of para-hydroxylation sites is 1. The van der Waals surface area contributed by atoms with Crippen molar-refractivity contribution >= 4 is 0 Å². The van der Waals surface area contributed by atoms with Gasteiger partial charge in [-0.05, 0) is 18.6 Å². The lowest BCUT2D eigenvalue weighted by Gasteiger charge is -2.14. The van der Waals surface area contributed by atoms with E-state index >= 15 is 0 Å². The van der Waals surface area contributed by atoms with Gasteiger partial charge < -0.3 is 9.84 Å². The van der Waals surface area contributed by atoms with Gasteiger partial charge in [0.25, 0.3) is 0 Å². The maximum atomic E-state index is 9.91. The van der Waals surface area contributed by atoms with Crippen molar-refractivity contribution in [2.24, 2.45) is 0 Å². The summed E-state index contributed by atoms with van der Waals surface area (Å²) in [6.45, 7) is 2.41. The molecule has 0 unspecified atom stereocenters. The van der Waals surface area contributed by atoms with E-state index in [0.717, 1.165) is 16.9 Å². The molecule has 0 bridgehead atoms. The van der Waals surface area contributed by atoms with Crippen LogP contribution in [0.2, 0.25) is 0 Å². The molecule has 94 valence electrons. The Labute approximate surface area is 107 Å². The molecule has 0 spiro atoms. The fourth-order valence-corrected chi connectivity index (χ4v) is 1.75. The fourth-order valence-electron chi connectivity index (χ4n) is 1.75. The van der Waals surface area contributed by atoms with Crippen molar-refractivity contribution in [3.8, 4) is 5.75 Å². The molecule has 2 rings (SSSR count). The van der Waals surface area contributed by atoms with E-state index in [9.17, 15) is 5.11 Å². The van der Waals surface area contributed by atoms with Crippen LogP contribution < -0.4 is 4.74 Å². The van der Waals surface area contributed by atoms with Crippen molar-refractivity contribution in [2.45, 2.75) is 26.1 Å². The van der Waals surface area contributed by atoms with E-state index in [-0.39, 0.29) is 0 Å². The minimum absolute atomic E-state index is 0.460. The molecule has 1 aromatic carbocycles. The Morgan fingerprint density at radius 2 is 2.06 bits per heavy atom. The molecule has 0 aliphatic heterocycles. The quantitative estimate of drug-likeness (QED) is 0.877. The zero-order chi connectivity index (χ0) is 12.8. The number of benzene rings is 1. The number of pyridine rings is 1. The fraction of sp³-hybridized carbons (Fsp3) is 0.267. The standard InChI is InChI=1S/C15H17NO2/c1-2-14(17)13-7-3-4-8-15(13)18-11-12-6-5-9-16-10-12/h3-10,14,17H,2,11H2,1H3/t14-/m1/s1. The summed E-state index contributed by atoms with van der Waals surface area (Å²) in [5.41, 5.74) is 1.85. The van der Waals surface area contributed by atoms with E-state index in [1.165, 1.54) is 0 Å². The molecule has 0 saturated carbocycles. The van der Waals surface area contributed by atoms with Crippen LogP contribution in [-0.2, 0) is 6.61 Å². The predicted molar refractivity (Wildman–Crippen MR) is 70.3 cm³/mol. The number of hydrogen-bond donors (Lipinski definition) is 1. The van der Waals surface area contributed by atoms with Gasteiger partial charge in [0, 0.05) is 23.5 Å². The monoisotopic (exact) mass is 243 g/mol. The first-order valence-electron chi connectivity index (χ1n) is 6.10. The van der Waals surface area contributed by atoms with Crippen LogP contribution in [0.25, 0.3) is 0 Å². The van der Waals surface area contributed by atoms with Crippen molar-refractivity contribution in [3.63, 3.8) is 0 Å². The third-order valence-corrected chi connectivity index (χ3v) is 2.78. The Hall–Kier alpha value is -1.87. The maximum absolute atomic E-state index is 9.91. The molecule has 0 radical (unpaired) electrons. The van der Waals surface area contributed by atoms with Crippen molar-refractivity contribution in [1.82, 2.24) is 4.98 Å². The van der Waals surface area contributed by atoms with Gasteiger partial charge in [0.1, 0.15) is 12.4 Å². The molecule has 0 amide bonds. The van der Waals surface area contributed by atoms with E-state index in [4.69, 9.17) is 4.74 Å². The second-order valence-corrected chi connectivity index (χ2v) is 4.11. The molecule has 3 heteroatoms. The highest BCUT2D eigenvalue weighted by Crippen LogP contribution is 2.27. The summed E-state index contributed by atoms with van der Waals surface area (Å²) >= 11 is 0. The molecule has 0 aliphatic carbocycles. The lowest BCUT2D eigenvalue weighted by molar-refractivity contribution is 0.166. The Bertz CT molecular complexity index is 485. The number of aliphatic hydroxyl groups excluding tert-OH is 1. The Balaban J connectivity index is 2.10. The van der Waals surface area contributed by atoms with Gasteiger partial charge in [-0.25, -0.2) is 0 Å². The van der Waals surface area contributed by atoms with Crippen LogP contribution in [0.15, 0.2) is 48.8 Å². The summed E-state index contributed by atoms with van der Waals surface area (Å²) in [5, 5.41) is 9.91. The molecule has 1 atom stereocenters. The number of aliphatic hydroxyl groups is 1. The van der Waals surface area contributed by atoms with Gasteiger partial charge in [0.2, 0.25) is 0 Å². The van der Waals surface area contributed by atoms with Crippen molar-refractivity contribution in [3.05, 3.63) is 59.9 Å². The number of aromatic nitrogens is 1. The molecule has 1 N–H and O–H groups in total. The number of nitrogens with zero attached hydrogens (tertiary/aromatic N) is 1. The smallest absolute Gasteiger partial charge is 0.125 e. The normalized spacial score (nSPS) is 12.1. The number of hydrogen-bond acceptors (Lipinski definition) is 3. The summed E-state index contributed by atoms with van der Waals surface area (Å²) in [6, 6.07) is 11.4. The van der Waals surface area contributed by atoms with Crippen LogP contribution in [0, 0.1) is 0 Å². The lowest BCUT2D eigenvalue weighted by atomic mass is 10.1. The first-order chi connectivity index (χ1) is 8.81. The summed E-state index contributed by atoms with van der Waals surface area (Å²) in [5.74, 6) is 0.732. The summed E-state index contributed by atoms with van der Waals surface area (Å²) in [7, 11) is 0. The van der Waals surface area contributed by atoms with Gasteiger partial charge in [-0.2, -0.15) is 0 Å². The van der Waals surface area contributed by atoms with Crippen LogP contribution >= 0.6 is 0 Å². The van der Waals surface area contributed by atoms with Crippen LogP contribution in [0.1, 0.15) is 30.6 Å². The Morgan fingerprint density at radius 3 is 2.78 bits per heavy atom. The lowest BCUT2D eigenvalue weighted by Crippen LogP contribution is -2.02. The van der Waals surface area contributed by atoms with E-state index in [1.54, 1.807) is 12.4 Å². The van der Waals surface area contributed by atoms with Crippen LogP contribution in [0.3, 0.4) is 0 Å². The largest absolute Gasteiger partial charge is 0.488 e. The van der Waals surface area contributed by atoms with Crippen LogP contribution in [0.4, 0.5) is 0 Å². The highest BCUT2D eigenvalue weighted by molar-refractivity contribution is 5.35. The zero-order valence-electron chi connectivity index (χ0n) is 10.4. The molecule has 0 saturated heterocycles. The first-order valence-corrected chi connectivity index (χ1v) is 6.10. The second kappa shape index (κ2) is 6.17. The van der Waals surface area contributed by atoms with Crippen molar-refractivity contribution in [2.75, 3.05) is 0 Å². The van der Waals surface area contributed by atoms with E-state index in [0.29, 0.717) is 13.0 Å². The second-order valence-electron chi connectivity index (χ2n) is 4.11. The third kappa shape index (κ3) is 3.08. The van der Waals surface area contributed by atoms with Gasteiger partial charge in [-0.3, -0.25) is 4.98 Å². The van der Waals surface area contributed by atoms with Gasteiger partial charge >= 0.3 is 0 Å². The highest BCUT2D eigenvalue weighted by atomic mass is 16.5. The molecule has 3 nitrogen and oxygen atoms in total. The minimum Gasteiger partial charge on any atom is -0.488 e. The number of ether oxygens (including phenoxy) is 1. The van der Waals surface area contributed by atoms with E-state index in [2.05, 4.69) is 4.98 Å². The van der Waals surface area contributed by atoms with Gasteiger partial charge in [-0.15, -0.1) is 0 Å². The molecule has 1 aromatic heterocycles. The zero-order valence-corrected chi connectivity index (χ0v) is 10.4. The topological polar surface area (TPSA) is 42.4 Å². The van der Waals surface area contributed by atoms with Crippen molar-refractivity contribution < 1.29 is 9.84 Å². The molecule has 1 heterocycles. The molecular formula is C15H17NO2. The van der Waals surface area contributed by atoms with Crippen LogP contribution in [0.5, 0.6) is 5.75 Å². The SMILES string of the molecule is CC[C@@H](O)c1ccccc1OCc1cccnc1. The predicted octanol–water partition coefficient (Wildman–Crippen LogP) is 3.10.